The van der Waals surface area contributed by atoms with Gasteiger partial charge in [0.05, 0.1) is 12.7 Å². The van der Waals surface area contributed by atoms with Gasteiger partial charge < -0.3 is 14.9 Å². The van der Waals surface area contributed by atoms with Crippen LogP contribution in [0, 0.1) is 11.8 Å². The zero-order valence-corrected chi connectivity index (χ0v) is 9.63. The van der Waals surface area contributed by atoms with E-state index in [0.29, 0.717) is 6.61 Å². The molecule has 1 saturated carbocycles. The normalized spacial score (nSPS) is 27.2. The molecule has 0 aliphatic heterocycles. The van der Waals surface area contributed by atoms with Crippen molar-refractivity contribution in [3.63, 3.8) is 0 Å². The highest BCUT2D eigenvalue weighted by molar-refractivity contribution is 5.81. The molecule has 16 heavy (non-hydrogen) atoms. The average Bonchev–Trinajstić information content (AvgIpc) is 2.74. The lowest BCUT2D eigenvalue weighted by molar-refractivity contribution is -0.137. The van der Waals surface area contributed by atoms with Gasteiger partial charge in [-0.05, 0) is 37.7 Å². The summed E-state index contributed by atoms with van der Waals surface area (Å²) in [6.07, 6.45) is 4.95. The monoisotopic (exact) mass is 228 g/mol. The Labute approximate surface area is 95.9 Å². The van der Waals surface area contributed by atoms with E-state index in [4.69, 9.17) is 9.84 Å². The van der Waals surface area contributed by atoms with E-state index in [2.05, 4.69) is 0 Å². The van der Waals surface area contributed by atoms with Crippen LogP contribution in [0.4, 0.5) is 0 Å². The van der Waals surface area contributed by atoms with Crippen LogP contribution in [0.2, 0.25) is 0 Å². The molecule has 0 aromatic rings. The number of rotatable bonds is 5. The maximum atomic E-state index is 11.0. The van der Waals surface area contributed by atoms with Gasteiger partial charge in [0.2, 0.25) is 0 Å². The topological polar surface area (TPSA) is 66.8 Å². The van der Waals surface area contributed by atoms with Crippen molar-refractivity contribution in [3.8, 4) is 0 Å². The van der Waals surface area contributed by atoms with Crippen molar-refractivity contribution in [2.24, 2.45) is 11.8 Å². The summed E-state index contributed by atoms with van der Waals surface area (Å²) in [4.78, 5) is 11.0. The second kappa shape index (κ2) is 6.66. The SMILES string of the molecule is CCOC(=O)/C=C/[C@@H](O)[C@@H]1CCC[C@@H]1CO. The zero-order valence-electron chi connectivity index (χ0n) is 9.63. The summed E-state index contributed by atoms with van der Waals surface area (Å²) in [5.74, 6) is -0.211. The van der Waals surface area contributed by atoms with Gasteiger partial charge in [-0.25, -0.2) is 4.79 Å². The maximum absolute atomic E-state index is 11.0. The lowest BCUT2D eigenvalue weighted by Gasteiger charge is -2.20. The second-order valence-corrected chi connectivity index (χ2v) is 4.14. The van der Waals surface area contributed by atoms with Crippen LogP contribution in [-0.2, 0) is 9.53 Å². The van der Waals surface area contributed by atoms with E-state index in [1.165, 1.54) is 12.2 Å². The van der Waals surface area contributed by atoms with Crippen molar-refractivity contribution in [2.45, 2.75) is 32.3 Å². The minimum atomic E-state index is -0.663. The third-order valence-corrected chi connectivity index (χ3v) is 3.11. The Morgan fingerprint density at radius 2 is 2.31 bits per heavy atom. The van der Waals surface area contributed by atoms with Gasteiger partial charge in [-0.3, -0.25) is 0 Å². The molecule has 4 heteroatoms. The average molecular weight is 228 g/mol. The molecule has 0 spiro atoms. The van der Waals surface area contributed by atoms with E-state index in [-0.39, 0.29) is 18.4 Å². The molecule has 0 aromatic carbocycles. The Bertz CT molecular complexity index is 249. The molecule has 0 bridgehead atoms. The fourth-order valence-corrected chi connectivity index (χ4v) is 2.25. The highest BCUT2D eigenvalue weighted by Crippen LogP contribution is 2.34. The number of aliphatic hydroxyl groups is 2. The van der Waals surface area contributed by atoms with Gasteiger partial charge in [0.1, 0.15) is 0 Å². The van der Waals surface area contributed by atoms with Gasteiger partial charge in [-0.2, -0.15) is 0 Å². The molecule has 1 aliphatic rings. The van der Waals surface area contributed by atoms with Crippen LogP contribution in [-0.4, -0.2) is 35.5 Å². The van der Waals surface area contributed by atoms with Gasteiger partial charge in [0.15, 0.2) is 0 Å². The summed E-state index contributed by atoms with van der Waals surface area (Å²) >= 11 is 0. The van der Waals surface area contributed by atoms with Crippen LogP contribution in [0.15, 0.2) is 12.2 Å². The third-order valence-electron chi connectivity index (χ3n) is 3.11. The van der Waals surface area contributed by atoms with Gasteiger partial charge in [-0.1, -0.05) is 6.42 Å². The minimum absolute atomic E-state index is 0.0654. The Balaban J connectivity index is 2.44. The van der Waals surface area contributed by atoms with Crippen molar-refractivity contribution >= 4 is 5.97 Å². The number of ether oxygens (including phenoxy) is 1. The number of hydrogen-bond donors (Lipinski definition) is 2. The molecular weight excluding hydrogens is 208 g/mol. The lowest BCUT2D eigenvalue weighted by atomic mass is 9.91. The molecule has 0 aromatic heterocycles. The van der Waals surface area contributed by atoms with Crippen LogP contribution in [0.3, 0.4) is 0 Å². The van der Waals surface area contributed by atoms with Crippen LogP contribution in [0.5, 0.6) is 0 Å². The van der Waals surface area contributed by atoms with E-state index >= 15 is 0 Å². The van der Waals surface area contributed by atoms with Crippen LogP contribution in [0.25, 0.3) is 0 Å². The highest BCUT2D eigenvalue weighted by Gasteiger charge is 2.31. The van der Waals surface area contributed by atoms with Crippen molar-refractivity contribution < 1.29 is 19.7 Å². The van der Waals surface area contributed by atoms with E-state index in [1.807, 2.05) is 0 Å². The molecule has 4 nitrogen and oxygen atoms in total. The summed E-state index contributed by atoms with van der Waals surface area (Å²) in [5, 5.41) is 19.0. The van der Waals surface area contributed by atoms with Crippen molar-refractivity contribution in [1.29, 1.82) is 0 Å². The molecule has 3 atom stereocenters. The third kappa shape index (κ3) is 3.61. The molecule has 0 heterocycles. The fraction of sp³-hybridized carbons (Fsp3) is 0.750. The van der Waals surface area contributed by atoms with Crippen molar-refractivity contribution in [1.82, 2.24) is 0 Å². The first-order chi connectivity index (χ1) is 7.69. The van der Waals surface area contributed by atoms with Crippen molar-refractivity contribution in [3.05, 3.63) is 12.2 Å². The van der Waals surface area contributed by atoms with Crippen LogP contribution in [0.1, 0.15) is 26.2 Å². The molecule has 1 aliphatic carbocycles. The smallest absolute Gasteiger partial charge is 0.330 e. The number of hydrogen-bond acceptors (Lipinski definition) is 4. The van der Waals surface area contributed by atoms with E-state index in [1.54, 1.807) is 6.92 Å². The summed E-state index contributed by atoms with van der Waals surface area (Å²) in [5.41, 5.74) is 0. The maximum Gasteiger partial charge on any atom is 0.330 e. The molecule has 2 N–H and O–H groups in total. The molecule has 0 amide bonds. The summed E-state index contributed by atoms with van der Waals surface area (Å²) in [7, 11) is 0. The molecule has 0 saturated heterocycles. The Morgan fingerprint density at radius 3 is 2.94 bits per heavy atom. The van der Waals surface area contributed by atoms with Crippen LogP contribution >= 0.6 is 0 Å². The van der Waals surface area contributed by atoms with E-state index in [9.17, 15) is 9.90 Å². The standard InChI is InChI=1S/C12H20O4/c1-2-16-12(15)7-6-11(14)10-5-3-4-9(10)8-13/h6-7,9-11,13-14H,2-5,8H2,1H3/b7-6+/t9-,10-,11-/m1/s1. The molecule has 1 rings (SSSR count). The Morgan fingerprint density at radius 1 is 1.56 bits per heavy atom. The fourth-order valence-electron chi connectivity index (χ4n) is 2.25. The molecule has 0 radical (unpaired) electrons. The number of aliphatic hydroxyl groups excluding tert-OH is 2. The Kier molecular flexibility index (Phi) is 5.49. The van der Waals surface area contributed by atoms with Crippen LogP contribution < -0.4 is 0 Å². The van der Waals surface area contributed by atoms with Gasteiger partial charge in [-0.15, -0.1) is 0 Å². The van der Waals surface area contributed by atoms with Crippen molar-refractivity contribution in [2.75, 3.05) is 13.2 Å². The lowest BCUT2D eigenvalue weighted by Crippen LogP contribution is -2.24. The predicted octanol–water partition coefficient (Wildman–Crippen LogP) is 0.875. The summed E-state index contributed by atoms with van der Waals surface area (Å²) in [6.45, 7) is 2.18. The predicted molar refractivity (Wildman–Crippen MR) is 59.7 cm³/mol. The van der Waals surface area contributed by atoms with E-state index < -0.39 is 12.1 Å². The highest BCUT2D eigenvalue weighted by atomic mass is 16.5. The number of esters is 1. The molecule has 0 unspecified atom stereocenters. The summed E-state index contributed by atoms with van der Waals surface area (Å²) in [6, 6.07) is 0. The Hall–Kier alpha value is -0.870. The molecule has 1 fully saturated rings. The first kappa shape index (κ1) is 13.2. The number of carbonyl (C=O) groups excluding carboxylic acids is 1. The summed E-state index contributed by atoms with van der Waals surface area (Å²) < 4.78 is 4.72. The van der Waals surface area contributed by atoms with E-state index in [0.717, 1.165) is 19.3 Å². The second-order valence-electron chi connectivity index (χ2n) is 4.14. The molecular formula is C12H20O4. The minimum Gasteiger partial charge on any atom is -0.463 e. The van der Waals surface area contributed by atoms with Gasteiger partial charge in [0.25, 0.3) is 0 Å². The number of carbonyl (C=O) groups is 1. The van der Waals surface area contributed by atoms with Gasteiger partial charge in [0, 0.05) is 12.7 Å². The van der Waals surface area contributed by atoms with Gasteiger partial charge >= 0.3 is 5.97 Å². The zero-order chi connectivity index (χ0) is 12.0. The molecule has 92 valence electrons. The first-order valence-corrected chi connectivity index (χ1v) is 5.83. The first-order valence-electron chi connectivity index (χ1n) is 5.83. The quantitative estimate of drug-likeness (QED) is 0.541. The largest absolute Gasteiger partial charge is 0.463 e.